The first-order valence-corrected chi connectivity index (χ1v) is 6.09. The molecule has 0 aliphatic carbocycles. The van der Waals surface area contributed by atoms with Gasteiger partial charge in [-0.25, -0.2) is 4.39 Å². The smallest absolute Gasteiger partial charge is 0.236 e. The van der Waals surface area contributed by atoms with Crippen molar-refractivity contribution in [3.05, 3.63) is 30.1 Å². The van der Waals surface area contributed by atoms with Crippen LogP contribution in [0, 0.1) is 5.82 Å². The summed E-state index contributed by atoms with van der Waals surface area (Å²) in [6, 6.07) is 5.99. The van der Waals surface area contributed by atoms with Gasteiger partial charge in [-0.3, -0.25) is 4.79 Å². The SMILES string of the molecule is Cl.NCC(=O)N1CCC(Oc2ccc(F)cc2)CC1. The van der Waals surface area contributed by atoms with Crippen LogP contribution in [0.1, 0.15) is 12.8 Å². The van der Waals surface area contributed by atoms with Crippen molar-refractivity contribution in [1.29, 1.82) is 0 Å². The zero-order valence-corrected chi connectivity index (χ0v) is 11.4. The molecule has 1 aromatic carbocycles. The zero-order chi connectivity index (χ0) is 13.0. The number of piperidine rings is 1. The van der Waals surface area contributed by atoms with E-state index < -0.39 is 0 Å². The van der Waals surface area contributed by atoms with Crippen molar-refractivity contribution >= 4 is 18.3 Å². The first-order valence-electron chi connectivity index (χ1n) is 6.09. The fraction of sp³-hybridized carbons (Fsp3) is 0.462. The zero-order valence-electron chi connectivity index (χ0n) is 10.5. The molecule has 0 atom stereocenters. The molecule has 2 rings (SSSR count). The Morgan fingerprint density at radius 2 is 1.89 bits per heavy atom. The number of rotatable bonds is 3. The normalized spacial score (nSPS) is 15.8. The molecule has 1 aromatic rings. The van der Waals surface area contributed by atoms with Gasteiger partial charge in [-0.15, -0.1) is 12.4 Å². The lowest BCUT2D eigenvalue weighted by molar-refractivity contribution is -0.131. The van der Waals surface area contributed by atoms with Gasteiger partial charge in [-0.1, -0.05) is 0 Å². The second-order valence-electron chi connectivity index (χ2n) is 4.36. The summed E-state index contributed by atoms with van der Waals surface area (Å²) in [5.74, 6) is 0.376. The molecule has 1 saturated heterocycles. The molecule has 0 spiro atoms. The molecule has 0 radical (unpaired) electrons. The van der Waals surface area contributed by atoms with Crippen molar-refractivity contribution in [1.82, 2.24) is 4.90 Å². The molecule has 1 aliphatic heterocycles. The largest absolute Gasteiger partial charge is 0.490 e. The van der Waals surface area contributed by atoms with E-state index in [1.165, 1.54) is 12.1 Å². The molecule has 4 nitrogen and oxygen atoms in total. The summed E-state index contributed by atoms with van der Waals surface area (Å²) in [4.78, 5) is 13.1. The van der Waals surface area contributed by atoms with Gasteiger partial charge in [0.1, 0.15) is 17.7 Å². The number of nitrogens with two attached hydrogens (primary N) is 1. The average Bonchev–Trinajstić information content (AvgIpc) is 2.41. The van der Waals surface area contributed by atoms with Crippen molar-refractivity contribution in [2.75, 3.05) is 19.6 Å². The number of benzene rings is 1. The summed E-state index contributed by atoms with van der Waals surface area (Å²) in [5.41, 5.74) is 5.32. The summed E-state index contributed by atoms with van der Waals surface area (Å²) in [7, 11) is 0. The van der Waals surface area contributed by atoms with Gasteiger partial charge in [-0.05, 0) is 24.3 Å². The van der Waals surface area contributed by atoms with Crippen LogP contribution in [-0.2, 0) is 4.79 Å². The van der Waals surface area contributed by atoms with E-state index in [0.29, 0.717) is 18.8 Å². The van der Waals surface area contributed by atoms with Crippen LogP contribution in [0.3, 0.4) is 0 Å². The van der Waals surface area contributed by atoms with E-state index in [1.807, 2.05) is 0 Å². The molecule has 1 heterocycles. The molecule has 1 fully saturated rings. The predicted molar refractivity (Wildman–Crippen MR) is 72.9 cm³/mol. The third-order valence-electron chi connectivity index (χ3n) is 3.09. The van der Waals surface area contributed by atoms with E-state index >= 15 is 0 Å². The number of hydrogen-bond acceptors (Lipinski definition) is 3. The van der Waals surface area contributed by atoms with E-state index in [2.05, 4.69) is 0 Å². The molecule has 106 valence electrons. The van der Waals surface area contributed by atoms with Crippen molar-refractivity contribution in [2.45, 2.75) is 18.9 Å². The number of amides is 1. The quantitative estimate of drug-likeness (QED) is 0.919. The number of nitrogens with zero attached hydrogens (tertiary/aromatic N) is 1. The number of halogens is 2. The van der Waals surface area contributed by atoms with Gasteiger partial charge >= 0.3 is 0 Å². The topological polar surface area (TPSA) is 55.6 Å². The highest BCUT2D eigenvalue weighted by molar-refractivity contribution is 5.85. The molecule has 19 heavy (non-hydrogen) atoms. The third-order valence-corrected chi connectivity index (χ3v) is 3.09. The maximum absolute atomic E-state index is 12.7. The first kappa shape index (κ1) is 15.7. The summed E-state index contributed by atoms with van der Waals surface area (Å²) in [5, 5.41) is 0. The summed E-state index contributed by atoms with van der Waals surface area (Å²) in [6.45, 7) is 1.40. The minimum atomic E-state index is -0.272. The summed E-state index contributed by atoms with van der Waals surface area (Å²) < 4.78 is 18.5. The summed E-state index contributed by atoms with van der Waals surface area (Å²) in [6.07, 6.45) is 1.64. The summed E-state index contributed by atoms with van der Waals surface area (Å²) >= 11 is 0. The maximum Gasteiger partial charge on any atom is 0.236 e. The monoisotopic (exact) mass is 288 g/mol. The average molecular weight is 289 g/mol. The van der Waals surface area contributed by atoms with Crippen molar-refractivity contribution in [3.8, 4) is 5.75 Å². The standard InChI is InChI=1S/C13H17FN2O2.ClH/c14-10-1-3-11(4-2-10)18-12-5-7-16(8-6-12)13(17)9-15;/h1-4,12H,5-9,15H2;1H. The highest BCUT2D eigenvalue weighted by Crippen LogP contribution is 2.19. The highest BCUT2D eigenvalue weighted by atomic mass is 35.5. The van der Waals surface area contributed by atoms with Crippen LogP contribution in [0.4, 0.5) is 4.39 Å². The molecule has 0 saturated carbocycles. The van der Waals surface area contributed by atoms with Gasteiger partial charge in [0.2, 0.25) is 5.91 Å². The van der Waals surface area contributed by atoms with Crippen LogP contribution in [0.15, 0.2) is 24.3 Å². The lowest BCUT2D eigenvalue weighted by Gasteiger charge is -2.32. The maximum atomic E-state index is 12.7. The van der Waals surface area contributed by atoms with Crippen LogP contribution in [0.2, 0.25) is 0 Å². The lowest BCUT2D eigenvalue weighted by Crippen LogP contribution is -2.44. The van der Waals surface area contributed by atoms with E-state index in [0.717, 1.165) is 12.8 Å². The Morgan fingerprint density at radius 3 is 2.42 bits per heavy atom. The Balaban J connectivity index is 0.00000180. The number of carbonyl (C=O) groups excluding carboxylic acids is 1. The Bertz CT molecular complexity index is 406. The molecule has 1 amide bonds. The molecule has 0 unspecified atom stereocenters. The number of likely N-dealkylation sites (tertiary alicyclic amines) is 1. The Morgan fingerprint density at radius 1 is 1.32 bits per heavy atom. The Hall–Kier alpha value is -1.33. The first-order chi connectivity index (χ1) is 8.69. The second-order valence-corrected chi connectivity index (χ2v) is 4.36. The fourth-order valence-corrected chi connectivity index (χ4v) is 2.06. The van der Waals surface area contributed by atoms with Gasteiger partial charge in [0.15, 0.2) is 0 Å². The van der Waals surface area contributed by atoms with Gasteiger partial charge in [0.05, 0.1) is 6.54 Å². The van der Waals surface area contributed by atoms with Crippen LogP contribution in [0.5, 0.6) is 5.75 Å². The Kier molecular flexibility index (Phi) is 6.05. The molecular weight excluding hydrogens is 271 g/mol. The number of carbonyl (C=O) groups is 1. The van der Waals surface area contributed by atoms with Crippen LogP contribution >= 0.6 is 12.4 Å². The highest BCUT2D eigenvalue weighted by Gasteiger charge is 2.22. The predicted octanol–water partition coefficient (Wildman–Crippen LogP) is 1.58. The lowest BCUT2D eigenvalue weighted by atomic mass is 10.1. The van der Waals surface area contributed by atoms with Gasteiger partial charge in [0.25, 0.3) is 0 Å². The van der Waals surface area contributed by atoms with Crippen LogP contribution in [0.25, 0.3) is 0 Å². The second kappa shape index (κ2) is 7.31. The van der Waals surface area contributed by atoms with Crippen molar-refractivity contribution < 1.29 is 13.9 Å². The Labute approximate surface area is 118 Å². The number of hydrogen-bond donors (Lipinski definition) is 1. The van der Waals surface area contributed by atoms with E-state index in [1.54, 1.807) is 17.0 Å². The minimum absolute atomic E-state index is 0. The molecule has 0 bridgehead atoms. The van der Waals surface area contributed by atoms with E-state index in [-0.39, 0.29) is 36.8 Å². The fourth-order valence-electron chi connectivity index (χ4n) is 2.06. The van der Waals surface area contributed by atoms with Crippen molar-refractivity contribution in [3.63, 3.8) is 0 Å². The van der Waals surface area contributed by atoms with Gasteiger partial charge < -0.3 is 15.4 Å². The van der Waals surface area contributed by atoms with Crippen molar-refractivity contribution in [2.24, 2.45) is 5.73 Å². The molecule has 1 aliphatic rings. The van der Waals surface area contributed by atoms with E-state index in [9.17, 15) is 9.18 Å². The number of ether oxygens (including phenoxy) is 1. The molecule has 2 N–H and O–H groups in total. The van der Waals surface area contributed by atoms with Gasteiger partial charge in [-0.2, -0.15) is 0 Å². The third kappa shape index (κ3) is 4.36. The van der Waals surface area contributed by atoms with E-state index in [4.69, 9.17) is 10.5 Å². The van der Waals surface area contributed by atoms with Crippen LogP contribution < -0.4 is 10.5 Å². The molecule has 6 heteroatoms. The van der Waals surface area contributed by atoms with Gasteiger partial charge in [0, 0.05) is 25.9 Å². The molecule has 0 aromatic heterocycles. The minimum Gasteiger partial charge on any atom is -0.490 e. The van der Waals surface area contributed by atoms with Crippen LogP contribution in [-0.4, -0.2) is 36.5 Å². The molecular formula is C13H18ClFN2O2.